The highest BCUT2D eigenvalue weighted by Gasteiger charge is 2.31. The lowest BCUT2D eigenvalue weighted by Crippen LogP contribution is -2.29. The predicted octanol–water partition coefficient (Wildman–Crippen LogP) is 2.22. The van der Waals surface area contributed by atoms with Crippen LogP contribution in [-0.2, 0) is 4.79 Å². The van der Waals surface area contributed by atoms with E-state index in [0.29, 0.717) is 16.6 Å². The Balaban J connectivity index is 1.86. The number of carbonyl (C=O) groups excluding carboxylic acids is 1. The van der Waals surface area contributed by atoms with Crippen molar-refractivity contribution in [2.24, 2.45) is 11.8 Å². The van der Waals surface area contributed by atoms with Gasteiger partial charge in [0, 0.05) is 0 Å². The summed E-state index contributed by atoms with van der Waals surface area (Å²) in [6, 6.07) is 4.21. The molecule has 2 rings (SSSR count). The van der Waals surface area contributed by atoms with E-state index in [2.05, 4.69) is 17.6 Å². The minimum absolute atomic E-state index is 0.0875. The SMILES string of the molecule is CC1CC1CNCC(=O)Nc1cc(C(=O)O)ccc1Cl. The van der Waals surface area contributed by atoms with Gasteiger partial charge < -0.3 is 15.7 Å². The average molecular weight is 297 g/mol. The molecule has 1 saturated carbocycles. The molecule has 0 aromatic heterocycles. The highest BCUT2D eigenvalue weighted by atomic mass is 35.5. The summed E-state index contributed by atoms with van der Waals surface area (Å²) in [4.78, 5) is 22.6. The van der Waals surface area contributed by atoms with Gasteiger partial charge in [-0.15, -0.1) is 0 Å². The van der Waals surface area contributed by atoms with Crippen molar-refractivity contribution in [3.05, 3.63) is 28.8 Å². The number of carboxylic acid groups (broad SMARTS) is 1. The Labute approximate surface area is 122 Å². The van der Waals surface area contributed by atoms with Crippen LogP contribution in [0.2, 0.25) is 5.02 Å². The highest BCUT2D eigenvalue weighted by molar-refractivity contribution is 6.33. The minimum atomic E-state index is -1.06. The Hall–Kier alpha value is -1.59. The lowest BCUT2D eigenvalue weighted by atomic mass is 10.2. The fourth-order valence-electron chi connectivity index (χ4n) is 2.00. The van der Waals surface area contributed by atoms with Crippen molar-refractivity contribution in [3.63, 3.8) is 0 Å². The highest BCUT2D eigenvalue weighted by Crippen LogP contribution is 2.36. The van der Waals surface area contributed by atoms with E-state index in [1.807, 2.05) is 0 Å². The summed E-state index contributed by atoms with van der Waals surface area (Å²) in [7, 11) is 0. The second-order valence-corrected chi connectivity index (χ2v) is 5.56. The van der Waals surface area contributed by atoms with Gasteiger partial charge in [0.1, 0.15) is 0 Å². The topological polar surface area (TPSA) is 78.4 Å². The first kappa shape index (κ1) is 14.8. The van der Waals surface area contributed by atoms with Crippen LogP contribution in [0.15, 0.2) is 18.2 Å². The summed E-state index contributed by atoms with van der Waals surface area (Å²) in [5, 5.41) is 14.9. The molecule has 6 heteroatoms. The number of aromatic carboxylic acids is 1. The summed E-state index contributed by atoms with van der Waals surface area (Å²) in [5.74, 6) is 0.120. The maximum Gasteiger partial charge on any atom is 0.335 e. The van der Waals surface area contributed by atoms with E-state index in [1.165, 1.54) is 24.6 Å². The second kappa shape index (κ2) is 6.24. The number of anilines is 1. The normalized spacial score (nSPS) is 20.5. The lowest BCUT2D eigenvalue weighted by molar-refractivity contribution is -0.115. The number of halogens is 1. The Morgan fingerprint density at radius 1 is 1.45 bits per heavy atom. The number of amides is 1. The van der Waals surface area contributed by atoms with Gasteiger partial charge in [-0.1, -0.05) is 18.5 Å². The molecular weight excluding hydrogens is 280 g/mol. The molecule has 1 aliphatic carbocycles. The number of nitrogens with one attached hydrogen (secondary N) is 2. The van der Waals surface area contributed by atoms with Crippen molar-refractivity contribution in [3.8, 4) is 0 Å². The van der Waals surface area contributed by atoms with Crippen LogP contribution in [-0.4, -0.2) is 30.1 Å². The quantitative estimate of drug-likeness (QED) is 0.752. The van der Waals surface area contributed by atoms with E-state index in [9.17, 15) is 9.59 Å². The number of hydrogen-bond donors (Lipinski definition) is 3. The van der Waals surface area contributed by atoms with Gasteiger partial charge in [0.25, 0.3) is 0 Å². The van der Waals surface area contributed by atoms with E-state index >= 15 is 0 Å². The van der Waals surface area contributed by atoms with Crippen molar-refractivity contribution in [2.45, 2.75) is 13.3 Å². The van der Waals surface area contributed by atoms with E-state index in [0.717, 1.165) is 12.5 Å². The fourth-order valence-corrected chi connectivity index (χ4v) is 2.17. The molecule has 3 N–H and O–H groups in total. The van der Waals surface area contributed by atoms with Gasteiger partial charge >= 0.3 is 5.97 Å². The maximum atomic E-state index is 11.7. The monoisotopic (exact) mass is 296 g/mol. The van der Waals surface area contributed by atoms with Crippen LogP contribution in [0.5, 0.6) is 0 Å². The van der Waals surface area contributed by atoms with E-state index in [-0.39, 0.29) is 18.0 Å². The van der Waals surface area contributed by atoms with Crippen molar-refractivity contribution in [2.75, 3.05) is 18.4 Å². The van der Waals surface area contributed by atoms with Crippen LogP contribution in [0.3, 0.4) is 0 Å². The van der Waals surface area contributed by atoms with Gasteiger partial charge in [-0.3, -0.25) is 4.79 Å². The van der Waals surface area contributed by atoms with Crippen molar-refractivity contribution in [1.29, 1.82) is 0 Å². The van der Waals surface area contributed by atoms with Gasteiger partial charge in [0.05, 0.1) is 22.8 Å². The van der Waals surface area contributed by atoms with Crippen molar-refractivity contribution >= 4 is 29.2 Å². The van der Waals surface area contributed by atoms with Crippen LogP contribution in [0.25, 0.3) is 0 Å². The Bertz CT molecular complexity index is 533. The fraction of sp³-hybridized carbons (Fsp3) is 0.429. The maximum absolute atomic E-state index is 11.7. The average Bonchev–Trinajstić information content (AvgIpc) is 3.07. The van der Waals surface area contributed by atoms with Crippen molar-refractivity contribution in [1.82, 2.24) is 5.32 Å². The molecule has 2 unspecified atom stereocenters. The van der Waals surface area contributed by atoms with Crippen LogP contribution in [0.4, 0.5) is 5.69 Å². The first-order valence-corrected chi connectivity index (χ1v) is 6.88. The molecule has 2 atom stereocenters. The molecule has 5 nitrogen and oxygen atoms in total. The molecule has 108 valence electrons. The van der Waals surface area contributed by atoms with Crippen LogP contribution in [0, 0.1) is 11.8 Å². The zero-order valence-corrected chi connectivity index (χ0v) is 11.9. The van der Waals surface area contributed by atoms with Crippen LogP contribution >= 0.6 is 11.6 Å². The molecule has 1 aromatic rings. The molecule has 1 aromatic carbocycles. The van der Waals surface area contributed by atoms with Gasteiger partial charge in [0.15, 0.2) is 0 Å². The summed E-state index contributed by atoms with van der Waals surface area (Å²) >= 11 is 5.93. The molecule has 1 fully saturated rings. The Morgan fingerprint density at radius 3 is 2.75 bits per heavy atom. The summed E-state index contributed by atoms with van der Waals surface area (Å²) in [5.41, 5.74) is 0.405. The molecule has 20 heavy (non-hydrogen) atoms. The third kappa shape index (κ3) is 3.95. The Morgan fingerprint density at radius 2 is 2.15 bits per heavy atom. The lowest BCUT2D eigenvalue weighted by Gasteiger charge is -2.09. The number of benzene rings is 1. The van der Waals surface area contributed by atoms with Gasteiger partial charge in [-0.2, -0.15) is 0 Å². The molecule has 0 heterocycles. The molecule has 0 spiro atoms. The standard InChI is InChI=1S/C14H17ClN2O3/c1-8-4-10(8)6-16-7-13(18)17-12-5-9(14(19)20)2-3-11(12)15/h2-3,5,8,10,16H,4,6-7H2,1H3,(H,17,18)(H,19,20). The predicted molar refractivity (Wildman–Crippen MR) is 77.2 cm³/mol. The third-order valence-corrected chi connectivity index (χ3v) is 3.79. The molecule has 0 aliphatic heterocycles. The molecule has 0 radical (unpaired) electrons. The first-order valence-electron chi connectivity index (χ1n) is 6.50. The number of carboxylic acids is 1. The third-order valence-electron chi connectivity index (χ3n) is 3.46. The molecular formula is C14H17ClN2O3. The molecule has 0 bridgehead atoms. The zero-order valence-electron chi connectivity index (χ0n) is 11.1. The van der Waals surface area contributed by atoms with E-state index < -0.39 is 5.97 Å². The smallest absolute Gasteiger partial charge is 0.335 e. The van der Waals surface area contributed by atoms with Gasteiger partial charge in [0.2, 0.25) is 5.91 Å². The zero-order chi connectivity index (χ0) is 14.7. The molecule has 0 saturated heterocycles. The summed E-state index contributed by atoms with van der Waals surface area (Å²) in [6.45, 7) is 3.21. The molecule has 1 aliphatic rings. The number of carbonyl (C=O) groups is 2. The number of rotatable bonds is 6. The van der Waals surface area contributed by atoms with Gasteiger partial charge in [-0.05, 0) is 43.0 Å². The first-order chi connectivity index (χ1) is 9.47. The minimum Gasteiger partial charge on any atom is -0.478 e. The van der Waals surface area contributed by atoms with Crippen molar-refractivity contribution < 1.29 is 14.7 Å². The van der Waals surface area contributed by atoms with E-state index in [4.69, 9.17) is 16.7 Å². The van der Waals surface area contributed by atoms with E-state index in [1.54, 1.807) is 0 Å². The largest absolute Gasteiger partial charge is 0.478 e. The Kier molecular flexibility index (Phi) is 4.62. The van der Waals surface area contributed by atoms with Crippen LogP contribution in [0.1, 0.15) is 23.7 Å². The van der Waals surface area contributed by atoms with Gasteiger partial charge in [-0.25, -0.2) is 4.79 Å². The second-order valence-electron chi connectivity index (χ2n) is 5.15. The van der Waals surface area contributed by atoms with Crippen LogP contribution < -0.4 is 10.6 Å². The number of hydrogen-bond acceptors (Lipinski definition) is 3. The summed E-state index contributed by atoms with van der Waals surface area (Å²) < 4.78 is 0. The summed E-state index contributed by atoms with van der Waals surface area (Å²) in [6.07, 6.45) is 1.21. The molecule has 1 amide bonds.